The number of para-hydroxylation sites is 1. The van der Waals surface area contributed by atoms with Crippen LogP contribution < -0.4 is 5.32 Å². The van der Waals surface area contributed by atoms with Crippen molar-refractivity contribution in [2.24, 2.45) is 0 Å². The summed E-state index contributed by atoms with van der Waals surface area (Å²) in [6.45, 7) is 0. The lowest BCUT2D eigenvalue weighted by atomic mass is 10.1. The number of halogens is 3. The van der Waals surface area contributed by atoms with Crippen LogP contribution in [0.2, 0.25) is 0 Å². The molecule has 0 saturated carbocycles. The van der Waals surface area contributed by atoms with Gasteiger partial charge in [0.1, 0.15) is 0 Å². The highest BCUT2D eigenvalue weighted by Gasteiger charge is 2.40. The molecule has 0 bridgehead atoms. The molecule has 11 heteroatoms. The number of thiophene rings is 5. The third-order valence-electron chi connectivity index (χ3n) is 5.86. The molecule has 5 heterocycles. The SMILES string of the molecule is O=C(Nc1ccccc1C(=O)C(F)(F)F)c1cc(-c2ccc(-c3cccs3)s2)sc1-c1ccc(-c2cccs2)s1. The normalized spacial score (nSPS) is 11.6. The number of alkyl halides is 3. The van der Waals surface area contributed by atoms with Crippen LogP contribution in [0.15, 0.2) is 89.6 Å². The smallest absolute Gasteiger partial charge is 0.321 e. The molecule has 6 aromatic rings. The lowest BCUT2D eigenvalue weighted by Crippen LogP contribution is -2.24. The van der Waals surface area contributed by atoms with Crippen molar-refractivity contribution >= 4 is 74.1 Å². The molecule has 1 N–H and O–H groups in total. The van der Waals surface area contributed by atoms with E-state index in [4.69, 9.17) is 0 Å². The van der Waals surface area contributed by atoms with Gasteiger partial charge in [-0.05, 0) is 65.4 Å². The Morgan fingerprint density at radius 3 is 1.77 bits per heavy atom. The van der Waals surface area contributed by atoms with Crippen molar-refractivity contribution in [1.82, 2.24) is 0 Å². The topological polar surface area (TPSA) is 46.2 Å². The molecule has 0 radical (unpaired) electrons. The van der Waals surface area contributed by atoms with Gasteiger partial charge in [0.2, 0.25) is 0 Å². The van der Waals surface area contributed by atoms with Crippen molar-refractivity contribution in [2.45, 2.75) is 6.18 Å². The molecule has 0 fully saturated rings. The van der Waals surface area contributed by atoms with E-state index in [-0.39, 0.29) is 5.69 Å². The van der Waals surface area contributed by atoms with Crippen molar-refractivity contribution in [2.75, 3.05) is 5.32 Å². The van der Waals surface area contributed by atoms with Gasteiger partial charge in [-0.2, -0.15) is 13.2 Å². The molecule has 0 aliphatic heterocycles. The Hall–Kier alpha value is -3.35. The van der Waals surface area contributed by atoms with E-state index in [0.717, 1.165) is 40.2 Å². The van der Waals surface area contributed by atoms with Gasteiger partial charge < -0.3 is 5.32 Å². The quantitative estimate of drug-likeness (QED) is 0.179. The van der Waals surface area contributed by atoms with E-state index in [0.29, 0.717) is 10.4 Å². The Morgan fingerprint density at radius 1 is 0.600 bits per heavy atom. The van der Waals surface area contributed by atoms with Gasteiger partial charge in [0.05, 0.1) is 21.7 Å². The van der Waals surface area contributed by atoms with E-state index in [1.54, 1.807) is 51.4 Å². The molecule has 1 amide bonds. The van der Waals surface area contributed by atoms with Crippen LogP contribution in [0, 0.1) is 0 Å². The molecule has 0 atom stereocenters. The number of carbonyl (C=O) groups is 2. The summed E-state index contributed by atoms with van der Waals surface area (Å²) in [4.78, 5) is 33.5. The number of hydrogen-bond acceptors (Lipinski definition) is 7. The highest BCUT2D eigenvalue weighted by atomic mass is 32.1. The molecule has 1 aromatic carbocycles. The van der Waals surface area contributed by atoms with Gasteiger partial charge >= 0.3 is 6.18 Å². The second-order valence-electron chi connectivity index (χ2n) is 8.46. The first-order valence-electron chi connectivity index (χ1n) is 11.7. The van der Waals surface area contributed by atoms with Crippen LogP contribution in [-0.2, 0) is 0 Å². The number of nitrogens with one attached hydrogen (secondary N) is 1. The van der Waals surface area contributed by atoms with E-state index >= 15 is 0 Å². The summed E-state index contributed by atoms with van der Waals surface area (Å²) >= 11 is 7.89. The van der Waals surface area contributed by atoms with Crippen LogP contribution in [0.3, 0.4) is 0 Å². The molecular formula is C29H16F3NO2S5. The predicted molar refractivity (Wildman–Crippen MR) is 162 cm³/mol. The molecule has 0 saturated heterocycles. The molecule has 5 aromatic heterocycles. The Kier molecular flexibility index (Phi) is 7.32. The van der Waals surface area contributed by atoms with Gasteiger partial charge in [-0.15, -0.1) is 56.7 Å². The zero-order chi connectivity index (χ0) is 27.9. The second-order valence-corrected chi connectivity index (χ2v) is 13.6. The number of ketones is 1. The molecule has 0 unspecified atom stereocenters. The van der Waals surface area contributed by atoms with E-state index in [9.17, 15) is 22.8 Å². The van der Waals surface area contributed by atoms with E-state index < -0.39 is 23.4 Å². The average molecular weight is 628 g/mol. The van der Waals surface area contributed by atoms with Crippen LogP contribution in [0.4, 0.5) is 18.9 Å². The highest BCUT2D eigenvalue weighted by Crippen LogP contribution is 2.46. The van der Waals surface area contributed by atoms with Gasteiger partial charge in [0.15, 0.2) is 0 Å². The Labute approximate surface area is 246 Å². The Bertz CT molecular complexity index is 1810. The van der Waals surface area contributed by atoms with Crippen LogP contribution >= 0.6 is 56.7 Å². The summed E-state index contributed by atoms with van der Waals surface area (Å²) in [7, 11) is 0. The monoisotopic (exact) mass is 627 g/mol. The third kappa shape index (κ3) is 5.35. The summed E-state index contributed by atoms with van der Waals surface area (Å²) in [6, 6.07) is 23.0. The predicted octanol–water partition coefficient (Wildman–Crippen LogP) is 10.7. The second kappa shape index (κ2) is 10.9. The van der Waals surface area contributed by atoms with Crippen molar-refractivity contribution in [1.29, 1.82) is 0 Å². The minimum atomic E-state index is -5.06. The largest absolute Gasteiger partial charge is 0.454 e. The number of carbonyl (C=O) groups excluding carboxylic acids is 2. The molecule has 0 aliphatic rings. The molecule has 3 nitrogen and oxygen atoms in total. The number of benzene rings is 1. The van der Waals surface area contributed by atoms with Gasteiger partial charge in [0, 0.05) is 34.1 Å². The van der Waals surface area contributed by atoms with Crippen LogP contribution in [-0.4, -0.2) is 17.9 Å². The molecule has 40 heavy (non-hydrogen) atoms. The zero-order valence-corrected chi connectivity index (χ0v) is 24.2. The van der Waals surface area contributed by atoms with Crippen molar-refractivity contribution in [3.8, 4) is 39.0 Å². The first-order valence-corrected chi connectivity index (χ1v) is 15.9. The highest BCUT2D eigenvalue weighted by molar-refractivity contribution is 7.29. The summed E-state index contributed by atoms with van der Waals surface area (Å²) in [5, 5.41) is 6.59. The summed E-state index contributed by atoms with van der Waals surface area (Å²) < 4.78 is 39.7. The summed E-state index contributed by atoms with van der Waals surface area (Å²) in [5.74, 6) is -2.59. The molecular weight excluding hydrogens is 612 g/mol. The standard InChI is InChI=1S/C29H16F3NO2S5/c30-29(31,32)27(34)16-5-1-2-6-18(16)33-28(35)17-15-25(23-10-9-21(38-23)19-7-3-13-36-19)40-26(17)24-12-11-22(39-24)20-8-4-14-37-20/h1-15H,(H,33,35). The number of anilines is 1. The minimum Gasteiger partial charge on any atom is -0.321 e. The lowest BCUT2D eigenvalue weighted by Gasteiger charge is -2.12. The first-order chi connectivity index (χ1) is 19.3. The number of hydrogen-bond donors (Lipinski definition) is 1. The third-order valence-corrected chi connectivity index (χ3v) is 11.7. The van der Waals surface area contributed by atoms with Crippen LogP contribution in [0.5, 0.6) is 0 Å². The summed E-state index contributed by atoms with van der Waals surface area (Å²) in [6.07, 6.45) is -5.06. The number of rotatable bonds is 7. The van der Waals surface area contributed by atoms with Crippen molar-refractivity contribution < 1.29 is 22.8 Å². The maximum atomic E-state index is 13.6. The fourth-order valence-electron chi connectivity index (χ4n) is 4.03. The maximum Gasteiger partial charge on any atom is 0.454 e. The molecule has 0 spiro atoms. The van der Waals surface area contributed by atoms with E-state index in [1.807, 2.05) is 53.2 Å². The molecule has 200 valence electrons. The van der Waals surface area contributed by atoms with Gasteiger partial charge in [-0.3, -0.25) is 9.59 Å². The number of Topliss-reactive ketones (excluding diaryl/α,β-unsaturated/α-hetero) is 1. The first kappa shape index (κ1) is 26.9. The van der Waals surface area contributed by atoms with E-state index in [2.05, 4.69) is 11.4 Å². The van der Waals surface area contributed by atoms with Crippen LogP contribution in [0.1, 0.15) is 20.7 Å². The fourth-order valence-corrected chi connectivity index (χ4v) is 9.07. The average Bonchev–Trinajstić information content (AvgIpc) is 3.76. The van der Waals surface area contributed by atoms with E-state index in [1.165, 1.54) is 29.5 Å². The van der Waals surface area contributed by atoms with Gasteiger partial charge in [0.25, 0.3) is 11.7 Å². The zero-order valence-electron chi connectivity index (χ0n) is 20.2. The minimum absolute atomic E-state index is 0.185. The van der Waals surface area contributed by atoms with Crippen LogP contribution in [0.25, 0.3) is 39.0 Å². The Balaban J connectivity index is 1.40. The van der Waals surface area contributed by atoms with Gasteiger partial charge in [-0.1, -0.05) is 24.3 Å². The van der Waals surface area contributed by atoms with Gasteiger partial charge in [-0.25, -0.2) is 0 Å². The fraction of sp³-hybridized carbons (Fsp3) is 0.0345. The lowest BCUT2D eigenvalue weighted by molar-refractivity contribution is -0.0884. The molecule has 6 rings (SSSR count). The Morgan fingerprint density at radius 2 is 1.18 bits per heavy atom. The molecule has 0 aliphatic carbocycles. The summed E-state index contributed by atoms with van der Waals surface area (Å²) in [5.41, 5.74) is -0.453. The number of amides is 1. The van der Waals surface area contributed by atoms with Crippen molar-refractivity contribution in [3.05, 3.63) is 101 Å². The maximum absolute atomic E-state index is 13.6. The van der Waals surface area contributed by atoms with Crippen molar-refractivity contribution in [3.63, 3.8) is 0 Å².